The van der Waals surface area contributed by atoms with Crippen LogP contribution in [0.2, 0.25) is 15.1 Å². The maximum Gasteiger partial charge on any atom is 0.488 e. The second-order valence-corrected chi connectivity index (χ2v) is 5.45. The van der Waals surface area contributed by atoms with Crippen molar-refractivity contribution in [2.24, 2.45) is 0 Å². The summed E-state index contributed by atoms with van der Waals surface area (Å²) in [6, 6.07) is 6.54. The van der Waals surface area contributed by atoms with E-state index in [1.54, 1.807) is 0 Å². The predicted molar refractivity (Wildman–Crippen MR) is 82.0 cm³/mol. The average Bonchev–Trinajstić information content (AvgIpc) is 2.38. The Balaban J connectivity index is 2.25. The van der Waals surface area contributed by atoms with E-state index in [1.807, 2.05) is 0 Å². The van der Waals surface area contributed by atoms with E-state index < -0.39 is 12.9 Å². The summed E-state index contributed by atoms with van der Waals surface area (Å²) < 4.78 is 18.6. The molecule has 0 spiro atoms. The Morgan fingerprint density at radius 1 is 1.05 bits per heavy atom. The largest absolute Gasteiger partial charge is 0.488 e. The van der Waals surface area contributed by atoms with Crippen LogP contribution in [-0.4, -0.2) is 17.2 Å². The van der Waals surface area contributed by atoms with Gasteiger partial charge in [-0.15, -0.1) is 0 Å². The van der Waals surface area contributed by atoms with Crippen LogP contribution in [0.4, 0.5) is 4.39 Å². The summed E-state index contributed by atoms with van der Waals surface area (Å²) in [5.74, 6) is -0.366. The molecule has 21 heavy (non-hydrogen) atoms. The quantitative estimate of drug-likeness (QED) is 0.834. The van der Waals surface area contributed by atoms with Crippen LogP contribution >= 0.6 is 34.8 Å². The van der Waals surface area contributed by atoms with E-state index in [1.165, 1.54) is 24.3 Å². The minimum atomic E-state index is -1.81. The third kappa shape index (κ3) is 4.02. The number of benzene rings is 2. The monoisotopic (exact) mass is 348 g/mol. The highest BCUT2D eigenvalue weighted by molar-refractivity contribution is 6.59. The zero-order chi connectivity index (χ0) is 15.6. The van der Waals surface area contributed by atoms with Crippen molar-refractivity contribution < 1.29 is 19.2 Å². The van der Waals surface area contributed by atoms with Crippen molar-refractivity contribution in [3.05, 3.63) is 56.8 Å². The van der Waals surface area contributed by atoms with E-state index in [-0.39, 0.29) is 27.9 Å². The van der Waals surface area contributed by atoms with E-state index in [0.717, 1.165) is 6.07 Å². The van der Waals surface area contributed by atoms with Gasteiger partial charge in [0.15, 0.2) is 5.75 Å². The van der Waals surface area contributed by atoms with E-state index in [9.17, 15) is 14.4 Å². The smallest absolute Gasteiger partial charge is 0.486 e. The van der Waals surface area contributed by atoms with Crippen LogP contribution in [0.25, 0.3) is 0 Å². The van der Waals surface area contributed by atoms with Gasteiger partial charge < -0.3 is 14.8 Å². The first-order valence-electron chi connectivity index (χ1n) is 5.80. The second kappa shape index (κ2) is 6.86. The van der Waals surface area contributed by atoms with Gasteiger partial charge in [0.1, 0.15) is 12.4 Å². The highest BCUT2D eigenvalue weighted by Crippen LogP contribution is 2.36. The molecule has 2 aromatic carbocycles. The molecular formula is C13H9BCl3FO3. The first kappa shape index (κ1) is 16.4. The fourth-order valence-corrected chi connectivity index (χ4v) is 2.68. The molecule has 0 saturated carbocycles. The molecule has 2 aromatic rings. The number of rotatable bonds is 4. The van der Waals surface area contributed by atoms with Gasteiger partial charge in [-0.1, -0.05) is 40.9 Å². The van der Waals surface area contributed by atoms with Crippen LogP contribution in [0.15, 0.2) is 30.3 Å². The van der Waals surface area contributed by atoms with Crippen molar-refractivity contribution in [2.75, 3.05) is 0 Å². The molecule has 2 N–H and O–H groups in total. The van der Waals surface area contributed by atoms with Gasteiger partial charge in [-0.2, -0.15) is 0 Å². The van der Waals surface area contributed by atoms with Gasteiger partial charge in [-0.25, -0.2) is 4.39 Å². The Morgan fingerprint density at radius 2 is 1.67 bits per heavy atom. The Labute approximate surface area is 136 Å². The third-order valence-corrected chi connectivity index (χ3v) is 3.50. The Bertz CT molecular complexity index is 644. The van der Waals surface area contributed by atoms with Crippen molar-refractivity contribution >= 4 is 47.4 Å². The molecule has 0 aromatic heterocycles. The van der Waals surface area contributed by atoms with Crippen LogP contribution in [0, 0.1) is 5.82 Å². The van der Waals surface area contributed by atoms with Gasteiger partial charge in [0, 0.05) is 5.02 Å². The Kier molecular flexibility index (Phi) is 5.35. The van der Waals surface area contributed by atoms with Crippen molar-refractivity contribution in [2.45, 2.75) is 6.61 Å². The Hall–Kier alpha value is -0.975. The summed E-state index contributed by atoms with van der Waals surface area (Å²) in [4.78, 5) is 0. The van der Waals surface area contributed by atoms with Gasteiger partial charge in [-0.05, 0) is 35.3 Å². The topological polar surface area (TPSA) is 49.7 Å². The van der Waals surface area contributed by atoms with Gasteiger partial charge >= 0.3 is 7.12 Å². The maximum absolute atomic E-state index is 13.1. The average molecular weight is 349 g/mol. The first-order chi connectivity index (χ1) is 9.88. The molecule has 0 saturated heterocycles. The molecule has 110 valence electrons. The molecule has 0 unspecified atom stereocenters. The lowest BCUT2D eigenvalue weighted by Crippen LogP contribution is -2.34. The molecule has 0 bridgehead atoms. The molecular weight excluding hydrogens is 340 g/mol. The number of hydrogen-bond acceptors (Lipinski definition) is 3. The minimum absolute atomic E-state index is 0.0104. The van der Waals surface area contributed by atoms with Gasteiger partial charge in [0.05, 0.1) is 10.0 Å². The van der Waals surface area contributed by atoms with E-state index >= 15 is 0 Å². The summed E-state index contributed by atoms with van der Waals surface area (Å²) in [6.45, 7) is -0.0612. The summed E-state index contributed by atoms with van der Waals surface area (Å²) in [6.07, 6.45) is 0. The summed E-state index contributed by atoms with van der Waals surface area (Å²) in [5.41, 5.74) is 0.407. The zero-order valence-corrected chi connectivity index (χ0v) is 12.8. The standard InChI is InChI=1S/C13H9BCl3FO3/c15-8-3-11(16)13(12(17)4-8)21-6-7-1-2-9(18)5-10(7)14(19)20/h1-5,19-20H,6H2. The fourth-order valence-electron chi connectivity index (χ4n) is 1.75. The molecule has 0 aliphatic heterocycles. The van der Waals surface area contributed by atoms with Crippen LogP contribution in [0.1, 0.15) is 5.56 Å². The molecule has 0 fully saturated rings. The van der Waals surface area contributed by atoms with Crippen molar-refractivity contribution in [1.29, 1.82) is 0 Å². The zero-order valence-electron chi connectivity index (χ0n) is 10.5. The molecule has 0 amide bonds. The van der Waals surface area contributed by atoms with Crippen LogP contribution < -0.4 is 10.2 Å². The summed E-state index contributed by atoms with van der Waals surface area (Å²) in [7, 11) is -1.81. The van der Waals surface area contributed by atoms with E-state index in [0.29, 0.717) is 10.6 Å². The lowest BCUT2D eigenvalue weighted by molar-refractivity contribution is 0.306. The van der Waals surface area contributed by atoms with Crippen molar-refractivity contribution in [3.63, 3.8) is 0 Å². The van der Waals surface area contributed by atoms with Gasteiger partial charge in [-0.3, -0.25) is 0 Å². The molecule has 0 heterocycles. The molecule has 0 atom stereocenters. The third-order valence-electron chi connectivity index (χ3n) is 2.72. The van der Waals surface area contributed by atoms with Crippen molar-refractivity contribution in [1.82, 2.24) is 0 Å². The molecule has 0 aliphatic carbocycles. The lowest BCUT2D eigenvalue weighted by atomic mass is 9.77. The molecule has 0 radical (unpaired) electrons. The molecule has 8 heteroatoms. The highest BCUT2D eigenvalue weighted by atomic mass is 35.5. The van der Waals surface area contributed by atoms with Crippen LogP contribution in [0.5, 0.6) is 5.75 Å². The maximum atomic E-state index is 13.1. The van der Waals surface area contributed by atoms with E-state index in [4.69, 9.17) is 39.5 Å². The van der Waals surface area contributed by atoms with Gasteiger partial charge in [0.25, 0.3) is 0 Å². The Morgan fingerprint density at radius 3 is 2.24 bits per heavy atom. The molecule has 2 rings (SSSR count). The van der Waals surface area contributed by atoms with E-state index in [2.05, 4.69) is 0 Å². The minimum Gasteiger partial charge on any atom is -0.486 e. The SMILES string of the molecule is OB(O)c1cc(F)ccc1COc1c(Cl)cc(Cl)cc1Cl. The van der Waals surface area contributed by atoms with Crippen LogP contribution in [0.3, 0.4) is 0 Å². The normalized spacial score (nSPS) is 10.6. The lowest BCUT2D eigenvalue weighted by Gasteiger charge is -2.13. The van der Waals surface area contributed by atoms with Gasteiger partial charge in [0.2, 0.25) is 0 Å². The first-order valence-corrected chi connectivity index (χ1v) is 6.93. The summed E-state index contributed by atoms with van der Waals surface area (Å²) >= 11 is 17.7. The number of hydrogen-bond donors (Lipinski definition) is 2. The highest BCUT2D eigenvalue weighted by Gasteiger charge is 2.18. The molecule has 3 nitrogen and oxygen atoms in total. The number of ether oxygens (including phenoxy) is 1. The van der Waals surface area contributed by atoms with Crippen molar-refractivity contribution in [3.8, 4) is 5.75 Å². The fraction of sp³-hybridized carbons (Fsp3) is 0.0769. The molecule has 0 aliphatic rings. The summed E-state index contributed by atoms with van der Waals surface area (Å²) in [5, 5.41) is 19.3. The van der Waals surface area contributed by atoms with Crippen LogP contribution in [-0.2, 0) is 6.61 Å². The predicted octanol–water partition coefficient (Wildman–Crippen LogP) is 3.04. The second-order valence-electron chi connectivity index (χ2n) is 4.20. The number of halogens is 4.